The van der Waals surface area contributed by atoms with Crippen molar-refractivity contribution in [3.63, 3.8) is 0 Å². The normalized spacial score (nSPS) is 22.1. The summed E-state index contributed by atoms with van der Waals surface area (Å²) in [6, 6.07) is 3.52. The molecule has 1 aromatic carbocycles. The van der Waals surface area contributed by atoms with E-state index >= 15 is 0 Å². The van der Waals surface area contributed by atoms with Crippen LogP contribution in [0.2, 0.25) is 0 Å². The van der Waals surface area contributed by atoms with E-state index in [2.05, 4.69) is 4.90 Å². The summed E-state index contributed by atoms with van der Waals surface area (Å²) in [6.45, 7) is 3.19. The molecule has 1 saturated carbocycles. The van der Waals surface area contributed by atoms with Crippen LogP contribution in [0.25, 0.3) is 0 Å². The van der Waals surface area contributed by atoms with Crippen molar-refractivity contribution >= 4 is 11.7 Å². The summed E-state index contributed by atoms with van der Waals surface area (Å²) in [5.41, 5.74) is -1.07. The molecule has 1 aromatic heterocycles. The first kappa shape index (κ1) is 24.1. The molecule has 182 valence electrons. The summed E-state index contributed by atoms with van der Waals surface area (Å²) in [5, 5.41) is 10.6. The first-order chi connectivity index (χ1) is 15.8. The number of fused-ring (bicyclic) bond motifs is 2. The Balaban J connectivity index is 0.00000274. The molecule has 1 N–H and O–H groups in total. The lowest BCUT2D eigenvalue weighted by molar-refractivity contribution is -0.0362. The minimum Gasteiger partial charge on any atom is -0.503 e. The third-order valence-corrected chi connectivity index (χ3v) is 6.99. The van der Waals surface area contributed by atoms with Crippen LogP contribution < -0.4 is 5.43 Å². The average Bonchev–Trinajstić information content (AvgIpc) is 3.60. The molecular weight excluding hydrogens is 444 g/mol. The number of aromatic hydroxyl groups is 1. The highest BCUT2D eigenvalue weighted by Crippen LogP contribution is 2.37. The fraction of sp³-hybridized carbons (Fsp3) is 0.480. The molecule has 2 aromatic rings. The van der Waals surface area contributed by atoms with Crippen LogP contribution in [0.3, 0.4) is 0 Å². The predicted molar refractivity (Wildman–Crippen MR) is 122 cm³/mol. The van der Waals surface area contributed by atoms with Gasteiger partial charge in [0.1, 0.15) is 17.8 Å². The van der Waals surface area contributed by atoms with Crippen LogP contribution in [-0.4, -0.2) is 56.0 Å². The minimum absolute atomic E-state index is 0. The molecule has 0 radical (unpaired) electrons. The summed E-state index contributed by atoms with van der Waals surface area (Å²) in [7, 11) is 0. The predicted octanol–water partition coefficient (Wildman–Crippen LogP) is 3.32. The number of ketones is 1. The quantitative estimate of drug-likeness (QED) is 0.674. The van der Waals surface area contributed by atoms with E-state index in [0.29, 0.717) is 12.6 Å². The van der Waals surface area contributed by atoms with Gasteiger partial charge in [-0.05, 0) is 44.2 Å². The van der Waals surface area contributed by atoms with E-state index in [1.807, 2.05) is 6.92 Å². The molecule has 2 aliphatic heterocycles. The molecule has 0 bridgehead atoms. The summed E-state index contributed by atoms with van der Waals surface area (Å²) in [4.78, 5) is 43.0. The molecule has 2 fully saturated rings. The summed E-state index contributed by atoms with van der Waals surface area (Å²) >= 11 is 0. The van der Waals surface area contributed by atoms with Gasteiger partial charge in [-0.25, -0.2) is 8.78 Å². The number of pyridine rings is 1. The topological polar surface area (TPSA) is 82.9 Å². The third kappa shape index (κ3) is 4.02. The number of rotatable bonds is 5. The first-order valence-corrected chi connectivity index (χ1v) is 11.3. The van der Waals surface area contributed by atoms with Gasteiger partial charge in [-0.15, -0.1) is 0 Å². The second-order valence-corrected chi connectivity index (χ2v) is 9.18. The van der Waals surface area contributed by atoms with E-state index in [0.717, 1.165) is 37.9 Å². The number of benzene rings is 1. The van der Waals surface area contributed by atoms with Crippen LogP contribution in [0, 0.1) is 11.6 Å². The number of aromatic nitrogens is 1. The second kappa shape index (κ2) is 8.94. The van der Waals surface area contributed by atoms with Gasteiger partial charge in [-0.3, -0.25) is 19.3 Å². The van der Waals surface area contributed by atoms with Crippen LogP contribution >= 0.6 is 0 Å². The van der Waals surface area contributed by atoms with Gasteiger partial charge in [-0.2, -0.15) is 0 Å². The van der Waals surface area contributed by atoms with Crippen molar-refractivity contribution in [2.75, 3.05) is 6.54 Å². The zero-order valence-electron chi connectivity index (χ0n) is 18.3. The number of carbonyl (C=O) groups excluding carboxylic acids is 2. The average molecular weight is 474 g/mol. The van der Waals surface area contributed by atoms with Gasteiger partial charge in [0.2, 0.25) is 5.43 Å². The van der Waals surface area contributed by atoms with Gasteiger partial charge in [0.05, 0.1) is 12.1 Å². The number of amides is 1. The first-order valence-electron chi connectivity index (χ1n) is 11.3. The molecule has 7 nitrogen and oxygen atoms in total. The number of aryl methyl sites for hydroxylation is 1. The molecule has 0 unspecified atom stereocenters. The van der Waals surface area contributed by atoms with Crippen molar-refractivity contribution in [1.29, 1.82) is 0 Å². The Labute approximate surface area is 196 Å². The molecule has 1 amide bonds. The van der Waals surface area contributed by atoms with E-state index in [-0.39, 0.29) is 49.3 Å². The number of nitrogens with zero attached hydrogens (tertiary/aromatic N) is 3. The van der Waals surface area contributed by atoms with Crippen molar-refractivity contribution in [3.8, 4) is 5.75 Å². The standard InChI is InChI=1S/C24H25F2N3O4.CH4/c1-13-8-9-28(16-5-6-16)20-12-27-11-17(22(31)23(32)21(27)24(33)29(13)20)19(30)7-3-14-2-4-15(25)10-18(14)26;/h2,4,10-11,13,16,20,32H,3,5-9,12H2,1H3;1H4/t13-,20-;/m0./s1. The third-order valence-electron chi connectivity index (χ3n) is 6.99. The zero-order valence-corrected chi connectivity index (χ0v) is 18.3. The number of carbonyl (C=O) groups is 2. The van der Waals surface area contributed by atoms with Gasteiger partial charge >= 0.3 is 0 Å². The molecule has 9 heteroatoms. The monoisotopic (exact) mass is 473 g/mol. The van der Waals surface area contributed by atoms with Crippen LogP contribution in [0.15, 0.2) is 29.2 Å². The highest BCUT2D eigenvalue weighted by Gasteiger charge is 2.47. The van der Waals surface area contributed by atoms with Gasteiger partial charge in [0.15, 0.2) is 17.2 Å². The SMILES string of the molecule is C.C[C@H]1CCN(C2CC2)[C@@H]2Cn3cc(C(=O)CCc4ccc(F)cc4F)c(=O)c(O)c3C(=O)N12. The van der Waals surface area contributed by atoms with Gasteiger partial charge in [-0.1, -0.05) is 13.5 Å². The van der Waals surface area contributed by atoms with Crippen molar-refractivity contribution in [2.45, 2.75) is 71.2 Å². The van der Waals surface area contributed by atoms with Crippen molar-refractivity contribution in [3.05, 3.63) is 63.1 Å². The molecule has 2 atom stereocenters. The molecule has 0 spiro atoms. The van der Waals surface area contributed by atoms with Crippen molar-refractivity contribution in [2.24, 2.45) is 0 Å². The number of halogens is 2. The van der Waals surface area contributed by atoms with E-state index in [9.17, 15) is 28.3 Å². The number of hydrogen-bond donors (Lipinski definition) is 1. The minimum atomic E-state index is -0.902. The fourth-order valence-corrected chi connectivity index (χ4v) is 5.06. The highest BCUT2D eigenvalue weighted by molar-refractivity contribution is 6.00. The molecule has 3 aliphatic rings. The summed E-state index contributed by atoms with van der Waals surface area (Å²) in [6.07, 6.45) is 3.93. The number of Topliss-reactive ketones (excluding diaryl/α,β-unsaturated/α-hetero) is 1. The van der Waals surface area contributed by atoms with Gasteiger partial charge in [0, 0.05) is 37.3 Å². The smallest absolute Gasteiger partial charge is 0.276 e. The van der Waals surface area contributed by atoms with E-state index in [1.54, 1.807) is 4.90 Å². The van der Waals surface area contributed by atoms with Gasteiger partial charge < -0.3 is 14.6 Å². The van der Waals surface area contributed by atoms with Crippen LogP contribution in [0.4, 0.5) is 8.78 Å². The Kier molecular flexibility index (Phi) is 6.33. The molecule has 1 aliphatic carbocycles. The van der Waals surface area contributed by atoms with E-state index in [1.165, 1.54) is 16.8 Å². The lowest BCUT2D eigenvalue weighted by Gasteiger charge is -2.50. The maximum absolute atomic E-state index is 13.9. The largest absolute Gasteiger partial charge is 0.503 e. The van der Waals surface area contributed by atoms with Crippen molar-refractivity contribution in [1.82, 2.24) is 14.4 Å². The second-order valence-electron chi connectivity index (χ2n) is 9.18. The Morgan fingerprint density at radius 2 is 1.91 bits per heavy atom. The molecule has 3 heterocycles. The summed E-state index contributed by atoms with van der Waals surface area (Å²) < 4.78 is 28.5. The van der Waals surface area contributed by atoms with Crippen LogP contribution in [0.1, 0.15) is 66.4 Å². The molecule has 5 rings (SSSR count). The van der Waals surface area contributed by atoms with E-state index in [4.69, 9.17) is 0 Å². The lowest BCUT2D eigenvalue weighted by atomic mass is 10.00. The maximum Gasteiger partial charge on any atom is 0.276 e. The molecule has 1 saturated heterocycles. The van der Waals surface area contributed by atoms with Crippen molar-refractivity contribution < 1.29 is 23.5 Å². The Hall–Kier alpha value is -3.07. The highest BCUT2D eigenvalue weighted by atomic mass is 19.1. The van der Waals surface area contributed by atoms with Crippen LogP contribution in [0.5, 0.6) is 5.75 Å². The Bertz CT molecular complexity index is 1210. The number of hydrogen-bond acceptors (Lipinski definition) is 5. The lowest BCUT2D eigenvalue weighted by Crippen LogP contribution is -2.64. The van der Waals surface area contributed by atoms with E-state index < -0.39 is 34.5 Å². The molecule has 34 heavy (non-hydrogen) atoms. The van der Waals surface area contributed by atoms with Gasteiger partial charge in [0.25, 0.3) is 5.91 Å². The fourth-order valence-electron chi connectivity index (χ4n) is 5.06. The zero-order chi connectivity index (χ0) is 23.4. The Morgan fingerprint density at radius 1 is 1.18 bits per heavy atom. The maximum atomic E-state index is 13.9. The van der Waals surface area contributed by atoms with Crippen LogP contribution in [-0.2, 0) is 13.0 Å². The Morgan fingerprint density at radius 3 is 2.59 bits per heavy atom. The summed E-state index contributed by atoms with van der Waals surface area (Å²) in [5.74, 6) is -3.18. The molecular formula is C25H29F2N3O4.